The molecule has 3 heterocycles. The van der Waals surface area contributed by atoms with E-state index in [0.29, 0.717) is 29.9 Å². The first-order valence-electron chi connectivity index (χ1n) is 8.27. The molecule has 1 aromatic heterocycles. The molecule has 0 aliphatic carbocycles. The summed E-state index contributed by atoms with van der Waals surface area (Å²) in [6.07, 6.45) is 3.93. The number of carbonyl (C=O) groups is 1. The number of aromatic nitrogens is 2. The van der Waals surface area contributed by atoms with Crippen LogP contribution in [0.2, 0.25) is 0 Å². The van der Waals surface area contributed by atoms with Crippen LogP contribution in [0.15, 0.2) is 24.5 Å². The van der Waals surface area contributed by atoms with Gasteiger partial charge in [-0.2, -0.15) is 0 Å². The van der Waals surface area contributed by atoms with Crippen LogP contribution in [-0.4, -0.2) is 52.6 Å². The lowest BCUT2D eigenvalue weighted by atomic mass is 10.1. The molecule has 6 nitrogen and oxygen atoms in total. The summed E-state index contributed by atoms with van der Waals surface area (Å²) >= 11 is 0. The van der Waals surface area contributed by atoms with Crippen LogP contribution in [0.4, 0.5) is 10.2 Å². The minimum Gasteiger partial charge on any atom is -0.381 e. The smallest absolute Gasteiger partial charge is 0.245 e. The highest BCUT2D eigenvalue weighted by molar-refractivity contribution is 5.92. The van der Waals surface area contributed by atoms with Crippen molar-refractivity contribution in [1.82, 2.24) is 14.9 Å². The number of halogens is 1. The van der Waals surface area contributed by atoms with E-state index in [1.54, 1.807) is 6.07 Å². The van der Waals surface area contributed by atoms with Crippen LogP contribution in [0.1, 0.15) is 19.3 Å². The summed E-state index contributed by atoms with van der Waals surface area (Å²) in [4.78, 5) is 23.0. The number of ether oxygens (including phenoxy) is 1. The summed E-state index contributed by atoms with van der Waals surface area (Å²) in [5.41, 5.74) is 0.653. The lowest BCUT2D eigenvalue weighted by Crippen LogP contribution is -2.43. The van der Waals surface area contributed by atoms with Crippen molar-refractivity contribution in [2.45, 2.75) is 31.3 Å². The van der Waals surface area contributed by atoms with Crippen molar-refractivity contribution < 1.29 is 13.9 Å². The first-order valence-corrected chi connectivity index (χ1v) is 8.27. The topological polar surface area (TPSA) is 67.4 Å². The number of benzene rings is 1. The largest absolute Gasteiger partial charge is 0.381 e. The number of nitrogens with one attached hydrogen (secondary N) is 1. The number of fused-ring (bicyclic) bond motifs is 1. The molecule has 0 bridgehead atoms. The van der Waals surface area contributed by atoms with Crippen molar-refractivity contribution >= 4 is 22.6 Å². The summed E-state index contributed by atoms with van der Waals surface area (Å²) in [6, 6.07) is 4.31. The average Bonchev–Trinajstić information content (AvgIpc) is 2.97. The van der Waals surface area contributed by atoms with Gasteiger partial charge in [0.15, 0.2) is 0 Å². The molecule has 1 unspecified atom stereocenters. The molecule has 126 valence electrons. The lowest BCUT2D eigenvalue weighted by molar-refractivity contribution is -0.131. The summed E-state index contributed by atoms with van der Waals surface area (Å²) in [7, 11) is 0. The highest BCUT2D eigenvalue weighted by atomic mass is 19.1. The number of hydrogen-bond donors (Lipinski definition) is 1. The van der Waals surface area contributed by atoms with E-state index >= 15 is 0 Å². The van der Waals surface area contributed by atoms with Gasteiger partial charge in [-0.1, -0.05) is 0 Å². The zero-order valence-corrected chi connectivity index (χ0v) is 13.2. The molecule has 1 aromatic carbocycles. The van der Waals surface area contributed by atoms with Gasteiger partial charge in [0.2, 0.25) is 5.91 Å². The van der Waals surface area contributed by atoms with Crippen molar-refractivity contribution in [3.05, 3.63) is 30.3 Å². The monoisotopic (exact) mass is 330 g/mol. The molecule has 0 spiro atoms. The first-order chi connectivity index (χ1) is 11.7. The minimum atomic E-state index is -0.345. The van der Waals surface area contributed by atoms with Crippen molar-refractivity contribution in [1.29, 1.82) is 0 Å². The highest BCUT2D eigenvalue weighted by Gasteiger charge is 2.36. The molecule has 2 aliphatic heterocycles. The van der Waals surface area contributed by atoms with Gasteiger partial charge in [-0.15, -0.1) is 0 Å². The van der Waals surface area contributed by atoms with Gasteiger partial charge in [-0.3, -0.25) is 4.79 Å². The van der Waals surface area contributed by atoms with E-state index in [2.05, 4.69) is 15.3 Å². The van der Waals surface area contributed by atoms with Gasteiger partial charge in [0.25, 0.3) is 0 Å². The van der Waals surface area contributed by atoms with E-state index in [1.165, 1.54) is 18.5 Å². The molecule has 1 N–H and O–H groups in total. The Bertz CT molecular complexity index is 763. The number of likely N-dealkylation sites (tertiary alicyclic amines) is 1. The number of nitrogens with zero attached hydrogens (tertiary/aromatic N) is 3. The van der Waals surface area contributed by atoms with Crippen molar-refractivity contribution in [3.63, 3.8) is 0 Å². The fourth-order valence-corrected chi connectivity index (χ4v) is 3.50. The second-order valence-corrected chi connectivity index (χ2v) is 6.24. The van der Waals surface area contributed by atoms with E-state index < -0.39 is 0 Å². The highest BCUT2D eigenvalue weighted by Crippen LogP contribution is 2.26. The van der Waals surface area contributed by atoms with Crippen molar-refractivity contribution in [3.8, 4) is 0 Å². The second-order valence-electron chi connectivity index (χ2n) is 6.24. The molecule has 2 aromatic rings. The van der Waals surface area contributed by atoms with E-state index in [-0.39, 0.29) is 23.8 Å². The maximum atomic E-state index is 13.5. The molecule has 2 saturated heterocycles. The number of anilines is 1. The van der Waals surface area contributed by atoms with E-state index in [9.17, 15) is 9.18 Å². The number of carbonyl (C=O) groups excluding carboxylic acids is 1. The molecule has 2 aliphatic rings. The molecular weight excluding hydrogens is 311 g/mol. The fraction of sp³-hybridized carbons (Fsp3) is 0.471. The van der Waals surface area contributed by atoms with Crippen LogP contribution in [0, 0.1) is 5.82 Å². The zero-order chi connectivity index (χ0) is 16.5. The Kier molecular flexibility index (Phi) is 4.02. The third-order valence-corrected chi connectivity index (χ3v) is 4.78. The SMILES string of the molecule is O=C1C(Nc2ncnc3ccc(F)cc23)CCN1C1CCOCC1. The van der Waals surface area contributed by atoms with E-state index in [0.717, 1.165) is 25.8 Å². The minimum absolute atomic E-state index is 0.0880. The Morgan fingerprint density at radius 2 is 2.04 bits per heavy atom. The van der Waals surface area contributed by atoms with Crippen LogP contribution >= 0.6 is 0 Å². The maximum absolute atomic E-state index is 13.5. The predicted octanol–water partition coefficient (Wildman–Crippen LogP) is 1.96. The zero-order valence-electron chi connectivity index (χ0n) is 13.2. The normalized spacial score (nSPS) is 22.3. The summed E-state index contributed by atoms with van der Waals surface area (Å²) < 4.78 is 18.9. The number of hydrogen-bond acceptors (Lipinski definition) is 5. The van der Waals surface area contributed by atoms with Crippen LogP contribution in [0.3, 0.4) is 0 Å². The van der Waals surface area contributed by atoms with Crippen LogP contribution in [0.5, 0.6) is 0 Å². The summed E-state index contributed by atoms with van der Waals surface area (Å²) in [6.45, 7) is 2.16. The number of amides is 1. The molecule has 1 atom stereocenters. The van der Waals surface area contributed by atoms with Crippen LogP contribution < -0.4 is 5.32 Å². The Morgan fingerprint density at radius 3 is 2.88 bits per heavy atom. The van der Waals surface area contributed by atoms with Gasteiger partial charge < -0.3 is 15.0 Å². The molecule has 4 rings (SSSR count). The van der Waals surface area contributed by atoms with E-state index in [1.807, 2.05) is 4.90 Å². The summed E-state index contributed by atoms with van der Waals surface area (Å²) in [5.74, 6) is 0.249. The fourth-order valence-electron chi connectivity index (χ4n) is 3.50. The Hall–Kier alpha value is -2.28. The number of rotatable bonds is 3. The van der Waals surface area contributed by atoms with Crippen LogP contribution in [0.25, 0.3) is 10.9 Å². The third-order valence-electron chi connectivity index (χ3n) is 4.78. The van der Waals surface area contributed by atoms with Crippen molar-refractivity contribution in [2.24, 2.45) is 0 Å². The molecular formula is C17H19FN4O2. The molecule has 0 radical (unpaired) electrons. The molecule has 1 amide bonds. The lowest BCUT2D eigenvalue weighted by Gasteiger charge is -2.31. The Balaban J connectivity index is 1.54. The van der Waals surface area contributed by atoms with Gasteiger partial charge in [0.05, 0.1) is 5.52 Å². The average molecular weight is 330 g/mol. The standard InChI is InChI=1S/C17H19FN4O2/c18-11-1-2-14-13(9-11)16(20-10-19-14)21-15-3-6-22(17(15)23)12-4-7-24-8-5-12/h1-2,9-10,12,15H,3-8H2,(H,19,20,21). The predicted molar refractivity (Wildman–Crippen MR) is 87.1 cm³/mol. The first kappa shape index (κ1) is 15.3. The molecule has 7 heteroatoms. The van der Waals surface area contributed by atoms with Gasteiger partial charge in [-0.25, -0.2) is 14.4 Å². The van der Waals surface area contributed by atoms with Gasteiger partial charge in [-0.05, 0) is 37.5 Å². The van der Waals surface area contributed by atoms with Gasteiger partial charge in [0.1, 0.15) is 24.0 Å². The van der Waals surface area contributed by atoms with Crippen molar-refractivity contribution in [2.75, 3.05) is 25.1 Å². The third kappa shape index (κ3) is 2.80. The molecule has 2 fully saturated rings. The van der Waals surface area contributed by atoms with Gasteiger partial charge >= 0.3 is 0 Å². The quantitative estimate of drug-likeness (QED) is 0.932. The Labute approximate surface area is 139 Å². The van der Waals surface area contributed by atoms with Gasteiger partial charge in [0, 0.05) is 31.2 Å². The second kappa shape index (κ2) is 6.32. The van der Waals surface area contributed by atoms with Crippen LogP contribution in [-0.2, 0) is 9.53 Å². The maximum Gasteiger partial charge on any atom is 0.245 e. The Morgan fingerprint density at radius 1 is 1.21 bits per heavy atom. The molecule has 0 saturated carbocycles. The van der Waals surface area contributed by atoms with E-state index in [4.69, 9.17) is 4.74 Å². The molecule has 24 heavy (non-hydrogen) atoms. The summed E-state index contributed by atoms with van der Waals surface area (Å²) in [5, 5.41) is 3.78.